The van der Waals surface area contributed by atoms with Crippen molar-refractivity contribution in [2.24, 2.45) is 7.05 Å². The summed E-state index contributed by atoms with van der Waals surface area (Å²) in [4.78, 5) is 36.4. The van der Waals surface area contributed by atoms with E-state index in [-0.39, 0.29) is 11.7 Å². The molecule has 0 saturated carbocycles. The van der Waals surface area contributed by atoms with Gasteiger partial charge in [-0.2, -0.15) is 0 Å². The second-order valence-electron chi connectivity index (χ2n) is 10.8. The molecule has 5 heterocycles. The number of nitrogens with zero attached hydrogens (tertiary/aromatic N) is 5. The van der Waals surface area contributed by atoms with Crippen LogP contribution in [0.3, 0.4) is 0 Å². The highest BCUT2D eigenvalue weighted by Gasteiger charge is 2.29. The van der Waals surface area contributed by atoms with Gasteiger partial charge < -0.3 is 14.2 Å². The Bertz CT molecular complexity index is 1780. The van der Waals surface area contributed by atoms with Crippen LogP contribution in [0.5, 0.6) is 0 Å². The van der Waals surface area contributed by atoms with Crippen molar-refractivity contribution in [3.8, 4) is 22.4 Å². The van der Waals surface area contributed by atoms with Gasteiger partial charge in [0.15, 0.2) is 0 Å². The zero-order valence-electron chi connectivity index (χ0n) is 21.9. The molecule has 192 valence electrons. The van der Waals surface area contributed by atoms with Gasteiger partial charge in [-0.15, -0.1) is 0 Å². The van der Waals surface area contributed by atoms with Gasteiger partial charge >= 0.3 is 6.09 Å². The summed E-state index contributed by atoms with van der Waals surface area (Å²) in [5.74, 6) is 0. The summed E-state index contributed by atoms with van der Waals surface area (Å²) in [6.45, 7) is 6.34. The second kappa shape index (κ2) is 8.83. The van der Waals surface area contributed by atoms with E-state index in [4.69, 9.17) is 9.72 Å². The molecule has 1 aliphatic heterocycles. The minimum absolute atomic E-state index is 0.0248. The van der Waals surface area contributed by atoms with Crippen LogP contribution >= 0.6 is 0 Å². The Morgan fingerprint density at radius 2 is 1.84 bits per heavy atom. The molecule has 0 fully saturated rings. The molecule has 0 atom stereocenters. The number of amides is 1. The molecule has 0 N–H and O–H groups in total. The van der Waals surface area contributed by atoms with Crippen LogP contribution in [-0.4, -0.2) is 42.1 Å². The van der Waals surface area contributed by atoms with E-state index in [2.05, 4.69) is 27.6 Å². The van der Waals surface area contributed by atoms with E-state index in [1.807, 2.05) is 63.8 Å². The second-order valence-corrected chi connectivity index (χ2v) is 10.8. The number of carbonyl (C=O) groups is 1. The first-order valence-corrected chi connectivity index (χ1v) is 12.7. The number of benzene rings is 1. The van der Waals surface area contributed by atoms with Crippen LogP contribution in [0.25, 0.3) is 38.8 Å². The largest absolute Gasteiger partial charge is 0.444 e. The Morgan fingerprint density at radius 3 is 2.66 bits per heavy atom. The summed E-state index contributed by atoms with van der Waals surface area (Å²) in [7, 11) is 1.77. The topological polar surface area (TPSA) is 81.7 Å². The van der Waals surface area contributed by atoms with Gasteiger partial charge in [0, 0.05) is 60.5 Å². The smallest absolute Gasteiger partial charge is 0.410 e. The Hall–Kier alpha value is -4.46. The van der Waals surface area contributed by atoms with Crippen LogP contribution in [0.15, 0.2) is 72.2 Å². The number of carbonyl (C=O) groups excluding carboxylic acids is 1. The van der Waals surface area contributed by atoms with Gasteiger partial charge in [-0.1, -0.05) is 12.1 Å². The SMILES string of the molecule is Cn1cc(-c2ccn3c(-c4ccc5cnccc5c4)cnc3c2)c2c(c1=O)CCN(C(=O)OC(C)(C)C)C2. The number of hydrogen-bond acceptors (Lipinski definition) is 5. The van der Waals surface area contributed by atoms with E-state index in [9.17, 15) is 9.59 Å². The zero-order valence-corrected chi connectivity index (χ0v) is 21.9. The average molecular weight is 508 g/mol. The number of imidazole rings is 1. The number of hydrogen-bond donors (Lipinski definition) is 0. The molecule has 0 radical (unpaired) electrons. The van der Waals surface area contributed by atoms with Crippen molar-refractivity contribution in [3.63, 3.8) is 0 Å². The molecule has 8 heteroatoms. The summed E-state index contributed by atoms with van der Waals surface area (Å²) in [6, 6.07) is 12.4. The lowest BCUT2D eigenvalue weighted by molar-refractivity contribution is 0.0224. The molecule has 0 saturated heterocycles. The van der Waals surface area contributed by atoms with Gasteiger partial charge in [0.2, 0.25) is 0 Å². The maximum atomic E-state index is 13.0. The van der Waals surface area contributed by atoms with E-state index in [0.29, 0.717) is 19.5 Å². The van der Waals surface area contributed by atoms with E-state index < -0.39 is 5.60 Å². The first kappa shape index (κ1) is 23.9. The van der Waals surface area contributed by atoms with Crippen LogP contribution < -0.4 is 5.56 Å². The Balaban J connectivity index is 1.40. The predicted octanol–water partition coefficient (Wildman–Crippen LogP) is 5.21. The standard InChI is InChI=1S/C30H29N5O3/c1-30(2,3)38-29(37)34-11-9-23-25(18-34)24(17-33(4)28(23)36)20-8-12-35-26(16-32-27(35)14-20)21-5-6-22-15-31-10-7-19(22)13-21/h5-8,10,12-17H,9,11,18H2,1-4H3. The number of fused-ring (bicyclic) bond motifs is 3. The Labute approximate surface area is 220 Å². The average Bonchev–Trinajstić information content (AvgIpc) is 3.32. The van der Waals surface area contributed by atoms with Crippen molar-refractivity contribution in [3.05, 3.63) is 88.9 Å². The molecule has 0 spiro atoms. The molecule has 0 bridgehead atoms. The van der Waals surface area contributed by atoms with E-state index in [0.717, 1.165) is 49.9 Å². The van der Waals surface area contributed by atoms with E-state index in [1.54, 1.807) is 22.7 Å². The predicted molar refractivity (Wildman–Crippen MR) is 147 cm³/mol. The summed E-state index contributed by atoms with van der Waals surface area (Å²) in [5.41, 5.74) is 5.72. The van der Waals surface area contributed by atoms with Crippen LogP contribution in [-0.2, 0) is 24.8 Å². The van der Waals surface area contributed by atoms with Gasteiger partial charge in [0.1, 0.15) is 11.2 Å². The lowest BCUT2D eigenvalue weighted by atomic mass is 9.93. The summed E-state index contributed by atoms with van der Waals surface area (Å²) in [5, 5.41) is 2.21. The molecule has 1 aromatic carbocycles. The maximum absolute atomic E-state index is 13.0. The number of aryl methyl sites for hydroxylation is 1. The van der Waals surface area contributed by atoms with Crippen molar-refractivity contribution >= 4 is 22.5 Å². The first-order chi connectivity index (χ1) is 18.2. The highest BCUT2D eigenvalue weighted by atomic mass is 16.6. The number of ether oxygens (including phenoxy) is 1. The molecule has 5 aromatic rings. The summed E-state index contributed by atoms with van der Waals surface area (Å²) < 4.78 is 9.30. The van der Waals surface area contributed by atoms with Crippen molar-refractivity contribution in [1.82, 2.24) is 23.8 Å². The van der Waals surface area contributed by atoms with Gasteiger partial charge in [0.25, 0.3) is 5.56 Å². The van der Waals surface area contributed by atoms with Crippen LogP contribution in [0.2, 0.25) is 0 Å². The third-order valence-corrected chi connectivity index (χ3v) is 6.98. The molecule has 6 rings (SSSR count). The summed E-state index contributed by atoms with van der Waals surface area (Å²) >= 11 is 0. The number of aromatic nitrogens is 4. The van der Waals surface area contributed by atoms with Gasteiger partial charge in [0.05, 0.1) is 18.4 Å². The van der Waals surface area contributed by atoms with Crippen LogP contribution in [0.4, 0.5) is 4.79 Å². The molecular formula is C30H29N5O3. The van der Waals surface area contributed by atoms with Gasteiger partial charge in [-0.05, 0) is 68.0 Å². The molecule has 0 unspecified atom stereocenters. The number of rotatable bonds is 2. The molecule has 4 aromatic heterocycles. The fraction of sp³-hybridized carbons (Fsp3) is 0.267. The molecule has 1 aliphatic rings. The van der Waals surface area contributed by atoms with Crippen molar-refractivity contribution in [1.29, 1.82) is 0 Å². The fourth-order valence-electron chi connectivity index (χ4n) is 5.13. The van der Waals surface area contributed by atoms with E-state index in [1.165, 1.54) is 0 Å². The Kier molecular flexibility index (Phi) is 5.56. The molecule has 38 heavy (non-hydrogen) atoms. The van der Waals surface area contributed by atoms with Crippen LogP contribution in [0.1, 0.15) is 31.9 Å². The molecule has 1 amide bonds. The monoisotopic (exact) mass is 507 g/mol. The van der Waals surface area contributed by atoms with Gasteiger partial charge in [-0.25, -0.2) is 9.78 Å². The van der Waals surface area contributed by atoms with Crippen LogP contribution in [0, 0.1) is 0 Å². The third kappa shape index (κ3) is 4.22. The lowest BCUT2D eigenvalue weighted by Crippen LogP contribution is -2.42. The highest BCUT2D eigenvalue weighted by molar-refractivity contribution is 5.86. The van der Waals surface area contributed by atoms with E-state index >= 15 is 0 Å². The first-order valence-electron chi connectivity index (χ1n) is 12.7. The molecule has 8 nitrogen and oxygen atoms in total. The molecule has 0 aliphatic carbocycles. The van der Waals surface area contributed by atoms with Crippen molar-refractivity contribution < 1.29 is 9.53 Å². The maximum Gasteiger partial charge on any atom is 0.410 e. The van der Waals surface area contributed by atoms with Crippen molar-refractivity contribution in [2.75, 3.05) is 6.54 Å². The highest BCUT2D eigenvalue weighted by Crippen LogP contribution is 2.32. The Morgan fingerprint density at radius 1 is 1.00 bits per heavy atom. The molecular weight excluding hydrogens is 478 g/mol. The van der Waals surface area contributed by atoms with Crippen molar-refractivity contribution in [2.45, 2.75) is 39.3 Å². The quantitative estimate of drug-likeness (QED) is 0.328. The normalized spacial score (nSPS) is 13.6. The lowest BCUT2D eigenvalue weighted by Gasteiger charge is -2.32. The minimum Gasteiger partial charge on any atom is -0.444 e. The van der Waals surface area contributed by atoms with Gasteiger partial charge in [-0.3, -0.25) is 14.2 Å². The summed E-state index contributed by atoms with van der Waals surface area (Å²) in [6.07, 6.45) is 9.52. The minimum atomic E-state index is -0.585. The fourth-order valence-corrected chi connectivity index (χ4v) is 5.13. The zero-order chi connectivity index (χ0) is 26.6. The number of pyridine rings is 3. The third-order valence-electron chi connectivity index (χ3n) is 6.98.